The lowest BCUT2D eigenvalue weighted by atomic mass is 9.99. The first-order valence-electron chi connectivity index (χ1n) is 12.8. The van der Waals surface area contributed by atoms with E-state index in [4.69, 9.17) is 4.98 Å². The van der Waals surface area contributed by atoms with E-state index < -0.39 is 17.2 Å². The van der Waals surface area contributed by atoms with E-state index in [2.05, 4.69) is 44.9 Å². The van der Waals surface area contributed by atoms with Crippen LogP contribution in [0, 0.1) is 11.6 Å². The Morgan fingerprint density at radius 3 is 2.38 bits per heavy atom. The highest BCUT2D eigenvalue weighted by Gasteiger charge is 2.23. The van der Waals surface area contributed by atoms with E-state index in [0.29, 0.717) is 21.8 Å². The molecule has 0 aliphatic rings. The molecule has 2 heterocycles. The summed E-state index contributed by atoms with van der Waals surface area (Å²) >= 11 is 2.62. The summed E-state index contributed by atoms with van der Waals surface area (Å²) in [6.07, 6.45) is 0.759. The molecular formula is C30H29F2N5OS2. The fourth-order valence-corrected chi connectivity index (χ4v) is 5.83. The van der Waals surface area contributed by atoms with Crippen LogP contribution in [0.4, 0.5) is 19.7 Å². The topological polar surface area (TPSA) is 83.0 Å². The van der Waals surface area contributed by atoms with E-state index in [1.165, 1.54) is 34.7 Å². The molecule has 5 rings (SSSR count). The Bertz CT molecular complexity index is 1580. The van der Waals surface area contributed by atoms with E-state index in [1.807, 2.05) is 50.2 Å². The van der Waals surface area contributed by atoms with Gasteiger partial charge in [0.25, 0.3) is 0 Å². The third-order valence-corrected chi connectivity index (χ3v) is 8.13. The van der Waals surface area contributed by atoms with Gasteiger partial charge in [0.1, 0.15) is 4.70 Å². The average molecular weight is 578 g/mol. The Morgan fingerprint density at radius 2 is 1.65 bits per heavy atom. The molecular weight excluding hydrogens is 548 g/mol. The van der Waals surface area contributed by atoms with Crippen molar-refractivity contribution in [1.29, 1.82) is 0 Å². The van der Waals surface area contributed by atoms with Crippen LogP contribution >= 0.6 is 23.1 Å². The van der Waals surface area contributed by atoms with Gasteiger partial charge in [-0.05, 0) is 37.5 Å². The van der Waals surface area contributed by atoms with Crippen LogP contribution in [0.15, 0.2) is 84.0 Å². The highest BCUT2D eigenvalue weighted by atomic mass is 32.2. The molecule has 0 saturated heterocycles. The number of aliphatic hydroxyl groups is 1. The second-order valence-electron chi connectivity index (χ2n) is 9.99. The zero-order valence-corrected chi connectivity index (χ0v) is 23.7. The molecule has 0 spiro atoms. The molecule has 40 heavy (non-hydrogen) atoms. The van der Waals surface area contributed by atoms with Crippen LogP contribution in [0.3, 0.4) is 0 Å². The molecule has 3 aromatic carbocycles. The Kier molecular flexibility index (Phi) is 8.58. The number of nitrogens with one attached hydrogen (secondary N) is 2. The number of thioether (sulfide) groups is 1. The van der Waals surface area contributed by atoms with Gasteiger partial charge >= 0.3 is 0 Å². The summed E-state index contributed by atoms with van der Waals surface area (Å²) in [4.78, 5) is 14.1. The van der Waals surface area contributed by atoms with E-state index in [0.717, 1.165) is 22.8 Å². The summed E-state index contributed by atoms with van der Waals surface area (Å²) < 4.78 is 28.7. The van der Waals surface area contributed by atoms with Crippen molar-refractivity contribution in [2.75, 3.05) is 17.2 Å². The summed E-state index contributed by atoms with van der Waals surface area (Å²) in [5.74, 6) is -1.09. The molecule has 0 aliphatic heterocycles. The first-order chi connectivity index (χ1) is 19.3. The molecule has 206 valence electrons. The van der Waals surface area contributed by atoms with Gasteiger partial charge in [-0.3, -0.25) is 0 Å². The van der Waals surface area contributed by atoms with Crippen molar-refractivity contribution in [3.8, 4) is 0 Å². The van der Waals surface area contributed by atoms with Crippen LogP contribution < -0.4 is 10.6 Å². The minimum Gasteiger partial charge on any atom is -0.394 e. The summed E-state index contributed by atoms with van der Waals surface area (Å²) in [5.41, 5.74) is 2.37. The normalized spacial score (nSPS) is 12.4. The minimum absolute atomic E-state index is 0.0350. The van der Waals surface area contributed by atoms with Gasteiger partial charge in [0.2, 0.25) is 0 Å². The molecule has 5 aromatic rings. The summed E-state index contributed by atoms with van der Waals surface area (Å²) in [7, 11) is 0. The molecule has 6 nitrogen and oxygen atoms in total. The number of benzene rings is 3. The van der Waals surface area contributed by atoms with Gasteiger partial charge < -0.3 is 15.7 Å². The summed E-state index contributed by atoms with van der Waals surface area (Å²) in [6.45, 7) is 3.61. The van der Waals surface area contributed by atoms with E-state index in [1.54, 1.807) is 6.07 Å². The summed E-state index contributed by atoms with van der Waals surface area (Å²) in [6, 6.07) is 24.5. The average Bonchev–Trinajstić information content (AvgIpc) is 3.37. The molecule has 0 saturated carbocycles. The predicted octanol–water partition coefficient (Wildman–Crippen LogP) is 7.24. The van der Waals surface area contributed by atoms with Gasteiger partial charge in [-0.1, -0.05) is 95.9 Å². The zero-order chi connectivity index (χ0) is 28.1. The van der Waals surface area contributed by atoms with E-state index >= 15 is 0 Å². The first-order valence-corrected chi connectivity index (χ1v) is 14.6. The van der Waals surface area contributed by atoms with Crippen LogP contribution in [0.2, 0.25) is 0 Å². The number of aliphatic hydroxyl groups excluding tert-OH is 1. The largest absolute Gasteiger partial charge is 0.394 e. The molecule has 10 heteroatoms. The van der Waals surface area contributed by atoms with Crippen molar-refractivity contribution >= 4 is 44.4 Å². The van der Waals surface area contributed by atoms with E-state index in [-0.39, 0.29) is 24.0 Å². The third-order valence-electron chi connectivity index (χ3n) is 6.26. The number of hydrogen-bond acceptors (Lipinski definition) is 8. The van der Waals surface area contributed by atoms with E-state index in [9.17, 15) is 13.9 Å². The summed E-state index contributed by atoms with van der Waals surface area (Å²) in [5, 5.41) is 17.8. The van der Waals surface area contributed by atoms with Crippen LogP contribution in [0.25, 0.3) is 10.3 Å². The third kappa shape index (κ3) is 6.75. The highest BCUT2D eigenvalue weighted by Crippen LogP contribution is 2.36. The van der Waals surface area contributed by atoms with Gasteiger partial charge in [-0.25, -0.2) is 18.7 Å². The van der Waals surface area contributed by atoms with Crippen LogP contribution in [0.5, 0.6) is 0 Å². The fraction of sp³-hybridized carbons (Fsp3) is 0.233. The van der Waals surface area contributed by atoms with Crippen molar-refractivity contribution in [3.63, 3.8) is 0 Å². The molecule has 2 aromatic heterocycles. The van der Waals surface area contributed by atoms with Gasteiger partial charge in [0.05, 0.1) is 18.2 Å². The highest BCUT2D eigenvalue weighted by molar-refractivity contribution is 7.98. The van der Waals surface area contributed by atoms with Crippen molar-refractivity contribution in [1.82, 2.24) is 15.0 Å². The number of fused-ring (bicyclic) bond motifs is 1. The molecule has 3 N–H and O–H groups in total. The van der Waals surface area contributed by atoms with Gasteiger partial charge in [-0.2, -0.15) is 4.98 Å². The number of halogens is 2. The fourth-order valence-electron chi connectivity index (χ4n) is 4.11. The Morgan fingerprint density at radius 1 is 0.925 bits per heavy atom. The number of rotatable bonds is 11. The van der Waals surface area contributed by atoms with Crippen molar-refractivity contribution < 1.29 is 13.9 Å². The lowest BCUT2D eigenvalue weighted by Crippen LogP contribution is -2.35. The number of aromatic nitrogens is 3. The number of thiazole rings is 1. The molecule has 0 bridgehead atoms. The number of nitrogens with zero attached hydrogens (tertiary/aromatic N) is 3. The van der Waals surface area contributed by atoms with Gasteiger partial charge in [0.15, 0.2) is 33.4 Å². The molecule has 0 fully saturated rings. The van der Waals surface area contributed by atoms with Crippen LogP contribution in [-0.4, -0.2) is 32.2 Å². The van der Waals surface area contributed by atoms with Crippen molar-refractivity contribution in [3.05, 3.63) is 107 Å². The van der Waals surface area contributed by atoms with Crippen LogP contribution in [0.1, 0.15) is 36.6 Å². The maximum Gasteiger partial charge on any atom is 0.191 e. The standard InChI is InChI=1S/C30H29F2N5OS2/c1-30(2,18-38)37-27-25-26(34-28(36-27)39-17-21-14-9-15-22(31)24(21)32)35-29(40-25)33-23(20-12-7-4-8-13-20)16-19-10-5-3-6-11-19/h3-15,23,38H,16-18H2,1-2H3,(H2,33,34,35,36,37). The molecule has 1 unspecified atom stereocenters. The molecule has 0 aliphatic carbocycles. The van der Waals surface area contributed by atoms with Gasteiger partial charge in [-0.15, -0.1) is 0 Å². The second kappa shape index (κ2) is 12.3. The smallest absolute Gasteiger partial charge is 0.191 e. The Labute approximate surface area is 239 Å². The van der Waals surface area contributed by atoms with Crippen LogP contribution in [-0.2, 0) is 12.2 Å². The van der Waals surface area contributed by atoms with Crippen molar-refractivity contribution in [2.24, 2.45) is 0 Å². The molecule has 1 atom stereocenters. The monoisotopic (exact) mass is 577 g/mol. The first kappa shape index (κ1) is 27.9. The zero-order valence-electron chi connectivity index (χ0n) is 22.1. The second-order valence-corrected chi connectivity index (χ2v) is 11.9. The Balaban J connectivity index is 1.48. The molecule has 0 amide bonds. The van der Waals surface area contributed by atoms with Crippen molar-refractivity contribution in [2.45, 2.75) is 42.8 Å². The number of anilines is 2. The maximum absolute atomic E-state index is 14.2. The Hall–Kier alpha value is -3.60. The quantitative estimate of drug-likeness (QED) is 0.113. The van der Waals surface area contributed by atoms with Gasteiger partial charge in [0, 0.05) is 11.3 Å². The maximum atomic E-state index is 14.2. The SMILES string of the molecule is CC(C)(CO)Nc1nc(SCc2cccc(F)c2F)nc2nc(NC(Cc3ccccc3)c3ccccc3)sc12. The lowest BCUT2D eigenvalue weighted by molar-refractivity contribution is 0.234. The molecule has 0 radical (unpaired) electrons. The predicted molar refractivity (Wildman–Crippen MR) is 159 cm³/mol. The lowest BCUT2D eigenvalue weighted by Gasteiger charge is -2.24. The minimum atomic E-state index is -0.889. The number of hydrogen-bond donors (Lipinski definition) is 3.